The molecular weight excluding hydrogens is 521 g/mol. The zero-order valence-corrected chi connectivity index (χ0v) is 19.6. The van der Waals surface area contributed by atoms with Crippen LogP contribution in [0.15, 0.2) is 0 Å². The first-order chi connectivity index (χ1) is 11.2. The van der Waals surface area contributed by atoms with Gasteiger partial charge in [-0.05, 0) is 25.7 Å². The van der Waals surface area contributed by atoms with E-state index in [1.54, 1.807) is 0 Å². The van der Waals surface area contributed by atoms with Crippen molar-refractivity contribution in [2.24, 2.45) is 0 Å². The predicted molar refractivity (Wildman–Crippen MR) is 80.5 cm³/mol. The van der Waals surface area contributed by atoms with E-state index in [1.807, 2.05) is 0 Å². The molecule has 6 nitrogen and oxygen atoms in total. The number of rotatable bonds is 8. The van der Waals surface area contributed by atoms with Gasteiger partial charge in [-0.3, -0.25) is 0 Å². The molecule has 0 atom stereocenters. The van der Waals surface area contributed by atoms with Gasteiger partial charge in [0.2, 0.25) is 0 Å². The molecule has 0 aromatic heterocycles. The van der Waals surface area contributed by atoms with E-state index in [4.69, 9.17) is 23.3 Å². The summed E-state index contributed by atoms with van der Waals surface area (Å²) < 4.78 is 38.9. The van der Waals surface area contributed by atoms with Crippen LogP contribution < -0.4 is 24.0 Å². The van der Waals surface area contributed by atoms with Crippen LogP contribution >= 0.6 is 0 Å². The third-order valence-corrected chi connectivity index (χ3v) is 2.79. The molecule has 0 aromatic rings. The molecule has 0 rings (SSSR count). The molecule has 8 heteroatoms. The molecule has 0 spiro atoms. The maximum Gasteiger partial charge on any atom is 0 e. The number of hydrogen-bond acceptors (Lipinski definition) is 0. The molecule has 0 unspecified atom stereocenters. The summed E-state index contributed by atoms with van der Waals surface area (Å²) in [6.07, 6.45) is 5.33. The summed E-state index contributed by atoms with van der Waals surface area (Å²) in [6, 6.07) is 0. The minimum absolute atomic E-state index is 0. The second-order valence-corrected chi connectivity index (χ2v) is 4.24. The van der Waals surface area contributed by atoms with Crippen molar-refractivity contribution in [2.75, 3.05) is 26.2 Å². The molecule has 0 radical (unpaired) electrons. The van der Waals surface area contributed by atoms with E-state index in [9.17, 15) is 0 Å². The summed E-state index contributed by atoms with van der Waals surface area (Å²) in [6.45, 7) is 37.3. The molecular formula is C17H28IMoNO5. The summed E-state index contributed by atoms with van der Waals surface area (Å²) in [5.41, 5.74) is 0. The largest absolute Gasteiger partial charge is 1.00 e. The summed E-state index contributed by atoms with van der Waals surface area (Å²) in [7, 11) is 0. The van der Waals surface area contributed by atoms with E-state index in [2.05, 4.69) is 60.9 Å². The van der Waals surface area contributed by atoms with Crippen molar-refractivity contribution in [3.8, 4) is 0 Å². The van der Waals surface area contributed by atoms with Gasteiger partial charge in [0.25, 0.3) is 0 Å². The first-order valence-corrected chi connectivity index (χ1v) is 7.11. The van der Waals surface area contributed by atoms with Crippen molar-refractivity contribution in [3.05, 3.63) is 33.3 Å². The van der Waals surface area contributed by atoms with Gasteiger partial charge in [0.05, 0.1) is 26.2 Å². The molecule has 0 N–H and O–H groups in total. The van der Waals surface area contributed by atoms with Gasteiger partial charge < -0.3 is 28.5 Å². The summed E-state index contributed by atoms with van der Waals surface area (Å²) in [5, 5.41) is 0. The number of halogens is 1. The Hall–Kier alpha value is 0.0783. The van der Waals surface area contributed by atoms with E-state index in [0.717, 1.165) is 0 Å². The Kier molecular flexibility index (Phi) is 129. The van der Waals surface area contributed by atoms with Crippen molar-refractivity contribution in [1.82, 2.24) is 0 Å². The Morgan fingerprint density at radius 3 is 0.680 bits per heavy atom. The molecule has 0 saturated carbocycles. The molecule has 0 fully saturated rings. The quantitative estimate of drug-likeness (QED) is 0.137. The third kappa shape index (κ3) is 45.4. The van der Waals surface area contributed by atoms with Gasteiger partial charge in [-0.2, -0.15) is 0 Å². The molecule has 0 aliphatic rings. The van der Waals surface area contributed by atoms with Crippen molar-refractivity contribution >= 4 is 0 Å². The van der Waals surface area contributed by atoms with Gasteiger partial charge in [-0.25, -0.2) is 0 Å². The molecule has 0 aromatic carbocycles. The molecule has 0 saturated heterocycles. The Morgan fingerprint density at radius 2 is 0.600 bits per heavy atom. The van der Waals surface area contributed by atoms with E-state index >= 15 is 0 Å². The van der Waals surface area contributed by atoms with Gasteiger partial charge in [0, 0.05) is 21.1 Å². The molecule has 0 aliphatic carbocycles. The Bertz CT molecular complexity index is 227. The Labute approximate surface area is 185 Å². The molecule has 0 heterocycles. The molecule has 0 amide bonds. The number of hydrogen-bond donors (Lipinski definition) is 0. The monoisotopic (exact) mass is 551 g/mol. The van der Waals surface area contributed by atoms with Crippen LogP contribution in [0.3, 0.4) is 0 Å². The maximum absolute atomic E-state index is 7.50. The zero-order chi connectivity index (χ0) is 20.2. The normalized spacial score (nSPS) is 6.64. The van der Waals surface area contributed by atoms with Gasteiger partial charge in [-0.15, -0.1) is 0 Å². The first-order valence-electron chi connectivity index (χ1n) is 7.11. The van der Waals surface area contributed by atoms with E-state index in [0.29, 0.717) is 0 Å². The Morgan fingerprint density at radius 1 is 0.480 bits per heavy atom. The smallest absolute Gasteiger partial charge is 0 e. The van der Waals surface area contributed by atoms with Crippen molar-refractivity contribution in [2.45, 2.75) is 53.4 Å². The van der Waals surface area contributed by atoms with Crippen LogP contribution in [0.25, 0.3) is 0 Å². The van der Waals surface area contributed by atoms with Gasteiger partial charge >= 0.3 is 56.5 Å². The average molecular weight is 549 g/mol. The third-order valence-electron chi connectivity index (χ3n) is 2.79. The number of nitrogens with zero attached hydrogens (tertiary/aromatic N) is 1. The summed E-state index contributed by atoms with van der Waals surface area (Å²) in [5.74, 6) is 0. The second-order valence-electron chi connectivity index (χ2n) is 4.24. The van der Waals surface area contributed by atoms with Crippen LogP contribution in [0.5, 0.6) is 0 Å². The van der Waals surface area contributed by atoms with Crippen molar-refractivity contribution in [3.63, 3.8) is 0 Å². The minimum Gasteiger partial charge on any atom is -1.00 e. The molecule has 144 valence electrons. The van der Waals surface area contributed by atoms with E-state index in [1.165, 1.54) is 56.3 Å². The van der Waals surface area contributed by atoms with Crippen LogP contribution in [0, 0.1) is 33.3 Å². The van der Waals surface area contributed by atoms with Crippen LogP contribution in [-0.2, 0) is 44.3 Å². The summed E-state index contributed by atoms with van der Waals surface area (Å²) >= 11 is 0. The van der Waals surface area contributed by atoms with Crippen LogP contribution in [-0.4, -0.2) is 30.7 Å². The van der Waals surface area contributed by atoms with Crippen LogP contribution in [0.2, 0.25) is 0 Å². The SMILES string of the molecule is CCC[N+](CCC)(CCC)CCC.[C-]#[O+].[C-]#[O+].[C-]#[O+].[C-]#[O+].[C-]#[O+].[I-].[Mo]. The van der Waals surface area contributed by atoms with Crippen molar-refractivity contribution in [1.29, 1.82) is 0 Å². The average Bonchev–Trinajstić information content (AvgIpc) is 2.64. The first kappa shape index (κ1) is 49.8. The zero-order valence-electron chi connectivity index (χ0n) is 15.4. The second kappa shape index (κ2) is 64.7. The maximum atomic E-state index is 7.50. The fourth-order valence-electron chi connectivity index (χ4n) is 2.57. The van der Waals surface area contributed by atoms with Gasteiger partial charge in [0.1, 0.15) is 0 Å². The predicted octanol–water partition coefficient (Wildman–Crippen LogP) is 0.257. The molecule has 0 aliphatic heterocycles. The van der Waals surface area contributed by atoms with E-state index < -0.39 is 0 Å². The van der Waals surface area contributed by atoms with Crippen LogP contribution in [0.4, 0.5) is 0 Å². The van der Waals surface area contributed by atoms with E-state index in [-0.39, 0.29) is 45.0 Å². The van der Waals surface area contributed by atoms with Gasteiger partial charge in [0.15, 0.2) is 0 Å². The molecule has 25 heavy (non-hydrogen) atoms. The Balaban J connectivity index is -0.0000000345. The van der Waals surface area contributed by atoms with Crippen molar-refractivity contribution < 1.29 is 72.8 Å². The molecule has 0 bridgehead atoms. The number of quaternary nitrogens is 1. The fraction of sp³-hybridized carbons (Fsp3) is 0.706. The topological polar surface area (TPSA) is 99.5 Å². The van der Waals surface area contributed by atoms with Gasteiger partial charge in [-0.1, -0.05) is 27.7 Å². The summed E-state index contributed by atoms with van der Waals surface area (Å²) in [4.78, 5) is 0. The standard InChI is InChI=1S/C12H28N.5CO.HI.Mo/c1-5-9-13(10-6-2,11-7-3)12-8-4;5*1-2;;/h5-12H2,1-4H3;;;;;;1H;/q+1;;;;;;;/p-1. The van der Waals surface area contributed by atoms with Crippen LogP contribution in [0.1, 0.15) is 53.4 Å². The minimum atomic E-state index is 0. The fourth-order valence-corrected chi connectivity index (χ4v) is 2.57.